The zero-order valence-electron chi connectivity index (χ0n) is 12.1. The SMILES string of the molecule is O=C(Oc1nccc2ccccc12)[C@H](O)c1ccccc1.[H+]. The quantitative estimate of drug-likeness (QED) is 0.749. The van der Waals surface area contributed by atoms with Gasteiger partial charge < -0.3 is 9.84 Å². The van der Waals surface area contributed by atoms with Crippen molar-refractivity contribution in [2.75, 3.05) is 0 Å². The Morgan fingerprint density at radius 3 is 2.57 bits per heavy atom. The molecule has 0 saturated heterocycles. The summed E-state index contributed by atoms with van der Waals surface area (Å²) in [6.07, 6.45) is 0.242. The minimum atomic E-state index is -1.33. The van der Waals surface area contributed by atoms with E-state index < -0.39 is 12.1 Å². The van der Waals surface area contributed by atoms with E-state index in [1.165, 1.54) is 0 Å². The highest BCUT2D eigenvalue weighted by atomic mass is 16.6. The number of nitrogens with zero attached hydrogens (tertiary/aromatic N) is 1. The van der Waals surface area contributed by atoms with E-state index in [1.54, 1.807) is 30.5 Å². The number of hydrogen-bond acceptors (Lipinski definition) is 4. The Balaban J connectivity index is 0.00000176. The third-order valence-electron chi connectivity index (χ3n) is 3.17. The molecule has 1 aromatic heterocycles. The predicted molar refractivity (Wildman–Crippen MR) is 79.9 cm³/mol. The third kappa shape index (κ3) is 2.75. The van der Waals surface area contributed by atoms with Crippen molar-refractivity contribution in [3.63, 3.8) is 0 Å². The number of benzene rings is 2. The van der Waals surface area contributed by atoms with Gasteiger partial charge in [0, 0.05) is 11.6 Å². The Morgan fingerprint density at radius 1 is 1.05 bits per heavy atom. The second-order valence-corrected chi connectivity index (χ2v) is 4.57. The number of carbonyl (C=O) groups excluding carboxylic acids is 1. The van der Waals surface area contributed by atoms with Crippen molar-refractivity contribution in [3.05, 3.63) is 72.4 Å². The van der Waals surface area contributed by atoms with Gasteiger partial charge in [0.05, 0.1) is 0 Å². The Morgan fingerprint density at radius 2 is 1.76 bits per heavy atom. The van der Waals surface area contributed by atoms with Gasteiger partial charge in [-0.05, 0) is 23.1 Å². The van der Waals surface area contributed by atoms with Crippen molar-refractivity contribution in [1.29, 1.82) is 0 Å². The van der Waals surface area contributed by atoms with Gasteiger partial charge in [0.15, 0.2) is 6.10 Å². The van der Waals surface area contributed by atoms with Gasteiger partial charge >= 0.3 is 7.40 Å². The fourth-order valence-electron chi connectivity index (χ4n) is 2.10. The highest BCUT2D eigenvalue weighted by molar-refractivity contribution is 5.89. The van der Waals surface area contributed by atoms with Crippen LogP contribution in [-0.2, 0) is 4.79 Å². The average Bonchev–Trinajstić information content (AvgIpc) is 2.55. The van der Waals surface area contributed by atoms with Crippen LogP contribution in [0.5, 0.6) is 5.88 Å². The van der Waals surface area contributed by atoms with Gasteiger partial charge in [-0.2, -0.15) is 0 Å². The van der Waals surface area contributed by atoms with Crippen molar-refractivity contribution in [1.82, 2.24) is 4.98 Å². The fraction of sp³-hybridized carbons (Fsp3) is 0.0588. The molecule has 0 radical (unpaired) electrons. The van der Waals surface area contributed by atoms with E-state index in [-0.39, 0.29) is 7.31 Å². The first-order chi connectivity index (χ1) is 10.3. The van der Waals surface area contributed by atoms with Gasteiger partial charge in [-0.1, -0.05) is 48.5 Å². The van der Waals surface area contributed by atoms with Crippen LogP contribution in [0.4, 0.5) is 0 Å². The smallest absolute Gasteiger partial charge is 0.405 e. The second kappa shape index (κ2) is 5.73. The van der Waals surface area contributed by atoms with Crippen molar-refractivity contribution in [2.45, 2.75) is 6.10 Å². The summed E-state index contributed by atoms with van der Waals surface area (Å²) in [5.41, 5.74) is 0.489. The number of ether oxygens (including phenoxy) is 1. The molecule has 4 heteroatoms. The topological polar surface area (TPSA) is 59.4 Å². The molecule has 104 valence electrons. The number of carbonyl (C=O) groups is 1. The van der Waals surface area contributed by atoms with Gasteiger partial charge in [-0.25, -0.2) is 9.78 Å². The van der Waals surface area contributed by atoms with Crippen LogP contribution in [0, 0.1) is 0 Å². The molecule has 0 spiro atoms. The molecule has 4 nitrogen and oxygen atoms in total. The van der Waals surface area contributed by atoms with E-state index in [1.807, 2.05) is 36.4 Å². The Bertz CT molecular complexity index is 772. The second-order valence-electron chi connectivity index (χ2n) is 4.57. The summed E-state index contributed by atoms with van der Waals surface area (Å²) in [6.45, 7) is 0. The first kappa shape index (κ1) is 13.3. The minimum Gasteiger partial charge on any atom is -0.405 e. The lowest BCUT2D eigenvalue weighted by Gasteiger charge is -2.11. The van der Waals surface area contributed by atoms with E-state index in [4.69, 9.17) is 4.74 Å². The van der Waals surface area contributed by atoms with Crippen molar-refractivity contribution in [2.24, 2.45) is 0 Å². The van der Waals surface area contributed by atoms with Crippen LogP contribution < -0.4 is 4.74 Å². The predicted octanol–water partition coefficient (Wildman–Crippen LogP) is 2.99. The Hall–Kier alpha value is -2.72. The van der Waals surface area contributed by atoms with Crippen LogP contribution in [0.1, 0.15) is 13.1 Å². The summed E-state index contributed by atoms with van der Waals surface area (Å²) in [5, 5.41) is 11.7. The zero-order valence-corrected chi connectivity index (χ0v) is 11.1. The minimum absolute atomic E-state index is 0. The van der Waals surface area contributed by atoms with Crippen molar-refractivity contribution in [3.8, 4) is 5.88 Å². The van der Waals surface area contributed by atoms with E-state index in [2.05, 4.69) is 4.98 Å². The molecule has 0 aliphatic rings. The van der Waals surface area contributed by atoms with E-state index >= 15 is 0 Å². The number of rotatable bonds is 3. The molecule has 0 bridgehead atoms. The van der Waals surface area contributed by atoms with Crippen LogP contribution >= 0.6 is 0 Å². The molecular formula is C17H14NO3+. The molecule has 3 rings (SSSR count). The standard InChI is InChI=1S/C17H13NO3/c19-15(13-7-2-1-3-8-13)17(20)21-16-14-9-5-4-6-12(14)10-11-18-16/h1-11,15,19H/p+1/t15-/m1/s1. The first-order valence-electron chi connectivity index (χ1n) is 6.54. The lowest BCUT2D eigenvalue weighted by molar-refractivity contribution is -0.144. The summed E-state index contributed by atoms with van der Waals surface area (Å²) in [5.74, 6) is -0.543. The van der Waals surface area contributed by atoms with Gasteiger partial charge in [0.25, 0.3) is 0 Å². The highest BCUT2D eigenvalue weighted by Crippen LogP contribution is 2.24. The molecule has 21 heavy (non-hydrogen) atoms. The lowest BCUT2D eigenvalue weighted by Crippen LogP contribution is -2.19. The number of fused-ring (bicyclic) bond motifs is 1. The van der Waals surface area contributed by atoms with Gasteiger partial charge in [-0.3, -0.25) is 0 Å². The zero-order chi connectivity index (χ0) is 14.7. The largest absolute Gasteiger partial charge is 1.00 e. The maximum absolute atomic E-state index is 12.0. The van der Waals surface area contributed by atoms with E-state index in [9.17, 15) is 9.90 Å². The first-order valence-corrected chi connectivity index (χ1v) is 6.54. The number of esters is 1. The van der Waals surface area contributed by atoms with Gasteiger partial charge in [0.2, 0.25) is 5.88 Å². The van der Waals surface area contributed by atoms with Crippen LogP contribution in [0.25, 0.3) is 10.8 Å². The molecule has 3 aromatic rings. The number of hydrogen-bond donors (Lipinski definition) is 1. The number of pyridine rings is 1. The molecule has 2 aromatic carbocycles. The van der Waals surface area contributed by atoms with Crippen LogP contribution in [0.3, 0.4) is 0 Å². The van der Waals surface area contributed by atoms with Crippen LogP contribution in [0.15, 0.2) is 66.9 Å². The number of aliphatic hydroxyl groups is 1. The molecule has 0 aliphatic heterocycles. The summed E-state index contributed by atoms with van der Waals surface area (Å²) in [4.78, 5) is 16.1. The molecule has 0 fully saturated rings. The van der Waals surface area contributed by atoms with Crippen molar-refractivity contribution < 1.29 is 16.1 Å². The molecule has 1 atom stereocenters. The Labute approximate surface area is 123 Å². The average molecular weight is 280 g/mol. The third-order valence-corrected chi connectivity index (χ3v) is 3.17. The van der Waals surface area contributed by atoms with E-state index in [0.29, 0.717) is 5.56 Å². The van der Waals surface area contributed by atoms with Gasteiger partial charge in [-0.15, -0.1) is 0 Å². The highest BCUT2D eigenvalue weighted by Gasteiger charge is 2.20. The molecule has 0 saturated carbocycles. The van der Waals surface area contributed by atoms with Crippen LogP contribution in [0.2, 0.25) is 0 Å². The fourth-order valence-corrected chi connectivity index (χ4v) is 2.10. The molecule has 0 aliphatic carbocycles. The van der Waals surface area contributed by atoms with Gasteiger partial charge in [0.1, 0.15) is 0 Å². The monoisotopic (exact) mass is 280 g/mol. The lowest BCUT2D eigenvalue weighted by atomic mass is 10.1. The van der Waals surface area contributed by atoms with Crippen LogP contribution in [-0.4, -0.2) is 16.1 Å². The molecule has 0 amide bonds. The molecule has 0 unspecified atom stereocenters. The summed E-state index contributed by atoms with van der Waals surface area (Å²) < 4.78 is 5.24. The number of aromatic nitrogens is 1. The maximum atomic E-state index is 12.0. The Kier molecular flexibility index (Phi) is 3.62. The molecule has 1 N–H and O–H groups in total. The van der Waals surface area contributed by atoms with Crippen molar-refractivity contribution >= 4 is 16.7 Å². The summed E-state index contributed by atoms with van der Waals surface area (Å²) >= 11 is 0. The normalized spacial score (nSPS) is 12.0. The number of aliphatic hydroxyl groups excluding tert-OH is 1. The summed E-state index contributed by atoms with van der Waals surface area (Å²) in [6, 6.07) is 18.0. The summed E-state index contributed by atoms with van der Waals surface area (Å²) in [7, 11) is 0. The molecular weight excluding hydrogens is 266 g/mol. The molecule has 1 heterocycles. The van der Waals surface area contributed by atoms with E-state index in [0.717, 1.165) is 10.8 Å². The maximum Gasteiger partial charge on any atom is 1.00 e.